The van der Waals surface area contributed by atoms with Crippen LogP contribution in [0.25, 0.3) is 11.4 Å². The number of anilines is 1. The van der Waals surface area contributed by atoms with Gasteiger partial charge >= 0.3 is 0 Å². The summed E-state index contributed by atoms with van der Waals surface area (Å²) in [6.45, 7) is 2.08. The van der Waals surface area contributed by atoms with E-state index in [-0.39, 0.29) is 30.7 Å². The lowest BCUT2D eigenvalue weighted by atomic mass is 9.79. The molecule has 0 radical (unpaired) electrons. The molecule has 3 rings (SSSR count). The van der Waals surface area contributed by atoms with Crippen LogP contribution < -0.4 is 10.6 Å². The molecule has 1 aliphatic rings. The Hall–Kier alpha value is -1.25. The number of hydrogen-bond donors (Lipinski definition) is 2. The smallest absolute Gasteiger partial charge is 0.234 e. The van der Waals surface area contributed by atoms with Gasteiger partial charge in [0.25, 0.3) is 0 Å². The van der Waals surface area contributed by atoms with Gasteiger partial charge in [0.05, 0.1) is 17.7 Å². The molecule has 0 aliphatic carbocycles. The topological polar surface area (TPSA) is 76.1 Å². The van der Waals surface area contributed by atoms with Crippen molar-refractivity contribution in [2.75, 3.05) is 32.1 Å². The molecule has 0 unspecified atom stereocenters. The molecular formula is C16H22Cl2N4O2S. The normalized spacial score (nSPS) is 15.6. The van der Waals surface area contributed by atoms with Crippen molar-refractivity contribution in [3.8, 4) is 11.4 Å². The van der Waals surface area contributed by atoms with Gasteiger partial charge in [0, 0.05) is 18.7 Å². The van der Waals surface area contributed by atoms with Crippen LogP contribution in [0.2, 0.25) is 0 Å². The van der Waals surface area contributed by atoms with Gasteiger partial charge in [0.1, 0.15) is 5.69 Å². The van der Waals surface area contributed by atoms with Gasteiger partial charge in [0.15, 0.2) is 5.13 Å². The lowest BCUT2D eigenvalue weighted by Crippen LogP contribution is -2.47. The van der Waals surface area contributed by atoms with Gasteiger partial charge in [-0.25, -0.2) is 4.98 Å². The summed E-state index contributed by atoms with van der Waals surface area (Å²) in [5.74, 6) is -0.0113. The number of hydrogen-bond acceptors (Lipinski definition) is 6. The van der Waals surface area contributed by atoms with Crippen LogP contribution >= 0.6 is 36.2 Å². The zero-order valence-corrected chi connectivity index (χ0v) is 16.3. The molecule has 2 N–H and O–H groups in total. The number of ether oxygens (including phenoxy) is 1. The Morgan fingerprint density at radius 1 is 1.32 bits per heavy atom. The van der Waals surface area contributed by atoms with Gasteiger partial charge in [-0.2, -0.15) is 0 Å². The van der Waals surface area contributed by atoms with Gasteiger partial charge in [-0.05, 0) is 38.1 Å². The average molecular weight is 405 g/mol. The zero-order valence-electron chi connectivity index (χ0n) is 13.9. The Bertz CT molecular complexity index is 658. The van der Waals surface area contributed by atoms with E-state index in [0.717, 1.165) is 37.3 Å². The minimum absolute atomic E-state index is 0. The standard InChI is InChI=1S/C16H20N4O2S.2ClH/c1-22-11-16(5-8-17-9-6-16)14(21)20-15-19-13(10-23-15)12-4-2-3-7-18-12;;/h2-4,7,10,17H,5-6,8-9,11H2,1H3,(H,19,20,21);2*1H. The number of pyridine rings is 1. The van der Waals surface area contributed by atoms with Gasteiger partial charge < -0.3 is 15.4 Å². The van der Waals surface area contributed by atoms with E-state index in [1.807, 2.05) is 23.6 Å². The summed E-state index contributed by atoms with van der Waals surface area (Å²) in [4.78, 5) is 21.5. The molecule has 0 saturated carbocycles. The van der Waals surface area contributed by atoms with Crippen LogP contribution in [0, 0.1) is 5.41 Å². The third-order valence-electron chi connectivity index (χ3n) is 4.11. The number of nitrogens with one attached hydrogen (secondary N) is 2. The molecule has 2 aromatic rings. The second-order valence-corrected chi connectivity index (χ2v) is 6.53. The van der Waals surface area contributed by atoms with Crippen molar-refractivity contribution in [3.05, 3.63) is 29.8 Å². The Labute approximate surface area is 163 Å². The second-order valence-electron chi connectivity index (χ2n) is 5.67. The van der Waals surface area contributed by atoms with Crippen LogP contribution in [0.5, 0.6) is 0 Å². The number of rotatable bonds is 5. The average Bonchev–Trinajstić information content (AvgIpc) is 3.05. The van der Waals surface area contributed by atoms with Gasteiger partial charge in [-0.15, -0.1) is 36.2 Å². The summed E-state index contributed by atoms with van der Waals surface area (Å²) in [6.07, 6.45) is 3.27. The highest BCUT2D eigenvalue weighted by atomic mass is 35.5. The quantitative estimate of drug-likeness (QED) is 0.800. The van der Waals surface area contributed by atoms with E-state index >= 15 is 0 Å². The molecule has 0 spiro atoms. The number of carbonyl (C=O) groups is 1. The van der Waals surface area contributed by atoms with Crippen LogP contribution in [0.4, 0.5) is 5.13 Å². The largest absolute Gasteiger partial charge is 0.384 e. The van der Waals surface area contributed by atoms with Crippen LogP contribution in [0.3, 0.4) is 0 Å². The van der Waals surface area contributed by atoms with E-state index in [0.29, 0.717) is 11.7 Å². The minimum Gasteiger partial charge on any atom is -0.384 e. The fraction of sp³-hybridized carbons (Fsp3) is 0.438. The fourth-order valence-corrected chi connectivity index (χ4v) is 3.51. The molecule has 2 aromatic heterocycles. The monoisotopic (exact) mass is 404 g/mol. The third-order valence-corrected chi connectivity index (χ3v) is 4.87. The molecule has 9 heteroatoms. The Morgan fingerprint density at radius 3 is 2.72 bits per heavy atom. The number of carbonyl (C=O) groups excluding carboxylic acids is 1. The lowest BCUT2D eigenvalue weighted by Gasteiger charge is -2.35. The van der Waals surface area contributed by atoms with E-state index in [1.54, 1.807) is 13.3 Å². The molecule has 1 amide bonds. The molecule has 1 fully saturated rings. The van der Waals surface area contributed by atoms with E-state index in [2.05, 4.69) is 20.6 Å². The van der Waals surface area contributed by atoms with Crippen molar-refractivity contribution in [2.24, 2.45) is 5.41 Å². The maximum Gasteiger partial charge on any atom is 0.234 e. The Morgan fingerprint density at radius 2 is 2.08 bits per heavy atom. The number of thiazole rings is 1. The molecule has 0 bridgehead atoms. The van der Waals surface area contributed by atoms with Crippen molar-refractivity contribution in [2.45, 2.75) is 12.8 Å². The van der Waals surface area contributed by atoms with E-state index in [1.165, 1.54) is 11.3 Å². The molecule has 1 saturated heterocycles. The third kappa shape index (κ3) is 5.12. The van der Waals surface area contributed by atoms with Gasteiger partial charge in [-0.1, -0.05) is 6.07 Å². The summed E-state index contributed by atoms with van der Waals surface area (Å²) in [5.41, 5.74) is 1.10. The first kappa shape index (κ1) is 21.8. The number of piperidine rings is 1. The van der Waals surface area contributed by atoms with E-state index < -0.39 is 5.41 Å². The number of methoxy groups -OCH3 is 1. The first-order valence-electron chi connectivity index (χ1n) is 7.62. The van der Waals surface area contributed by atoms with Crippen LogP contribution in [0.15, 0.2) is 29.8 Å². The Balaban J connectivity index is 0.00000156. The first-order chi connectivity index (χ1) is 11.2. The maximum atomic E-state index is 12.8. The van der Waals surface area contributed by atoms with Gasteiger partial charge in [0.2, 0.25) is 5.91 Å². The molecule has 0 atom stereocenters. The van der Waals surface area contributed by atoms with Gasteiger partial charge in [-0.3, -0.25) is 9.78 Å². The first-order valence-corrected chi connectivity index (χ1v) is 8.49. The second kappa shape index (κ2) is 10.0. The van der Waals surface area contributed by atoms with E-state index in [9.17, 15) is 4.79 Å². The summed E-state index contributed by atoms with van der Waals surface area (Å²) in [7, 11) is 1.64. The van der Waals surface area contributed by atoms with Crippen LogP contribution in [0.1, 0.15) is 12.8 Å². The van der Waals surface area contributed by atoms with Crippen molar-refractivity contribution in [3.63, 3.8) is 0 Å². The summed E-state index contributed by atoms with van der Waals surface area (Å²) >= 11 is 1.41. The summed E-state index contributed by atoms with van der Waals surface area (Å²) in [5, 5.41) is 8.75. The summed E-state index contributed by atoms with van der Waals surface area (Å²) in [6, 6.07) is 5.69. The highest BCUT2D eigenvalue weighted by Crippen LogP contribution is 2.32. The maximum absolute atomic E-state index is 12.8. The van der Waals surface area contributed by atoms with Crippen molar-refractivity contribution in [1.82, 2.24) is 15.3 Å². The molecule has 1 aliphatic heterocycles. The highest BCUT2D eigenvalue weighted by molar-refractivity contribution is 7.14. The predicted octanol–water partition coefficient (Wildman–Crippen LogP) is 3.00. The number of nitrogens with zero attached hydrogens (tertiary/aromatic N) is 2. The number of halogens is 2. The molecule has 0 aromatic carbocycles. The number of aromatic nitrogens is 2. The van der Waals surface area contributed by atoms with Crippen molar-refractivity contribution in [1.29, 1.82) is 0 Å². The zero-order chi connectivity index (χ0) is 16.1. The van der Waals surface area contributed by atoms with Crippen molar-refractivity contribution < 1.29 is 9.53 Å². The molecule has 25 heavy (non-hydrogen) atoms. The molecular weight excluding hydrogens is 383 g/mol. The summed E-state index contributed by atoms with van der Waals surface area (Å²) < 4.78 is 5.30. The van der Waals surface area contributed by atoms with Crippen molar-refractivity contribution >= 4 is 47.2 Å². The molecule has 6 nitrogen and oxygen atoms in total. The molecule has 3 heterocycles. The van der Waals surface area contributed by atoms with Crippen LogP contribution in [-0.4, -0.2) is 42.7 Å². The number of amides is 1. The Kier molecular flexibility index (Phi) is 8.75. The molecule has 138 valence electrons. The fourth-order valence-electron chi connectivity index (χ4n) is 2.81. The minimum atomic E-state index is -0.475. The lowest BCUT2D eigenvalue weighted by molar-refractivity contribution is -0.130. The van der Waals surface area contributed by atoms with Crippen LogP contribution in [-0.2, 0) is 9.53 Å². The SMILES string of the molecule is COCC1(C(=O)Nc2nc(-c3ccccn3)cs2)CCNCC1.Cl.Cl. The highest BCUT2D eigenvalue weighted by Gasteiger charge is 2.40. The predicted molar refractivity (Wildman–Crippen MR) is 105 cm³/mol. The van der Waals surface area contributed by atoms with E-state index in [4.69, 9.17) is 4.74 Å².